The summed E-state index contributed by atoms with van der Waals surface area (Å²) in [6, 6.07) is 16.2. The van der Waals surface area contributed by atoms with E-state index in [9.17, 15) is 0 Å². The van der Waals surface area contributed by atoms with Crippen LogP contribution in [0.5, 0.6) is 0 Å². The maximum Gasteiger partial charge on any atom is 0.0892 e. The summed E-state index contributed by atoms with van der Waals surface area (Å²) in [5.41, 5.74) is 3.09. The van der Waals surface area contributed by atoms with Gasteiger partial charge in [-0.2, -0.15) is 0 Å². The van der Waals surface area contributed by atoms with E-state index in [4.69, 9.17) is 10.7 Å². The molecule has 0 bridgehead atoms. The van der Waals surface area contributed by atoms with Gasteiger partial charge in [-0.1, -0.05) is 18.2 Å². The van der Waals surface area contributed by atoms with Crippen LogP contribution in [0.15, 0.2) is 57.8 Å². The molecule has 3 rings (SSSR count). The zero-order chi connectivity index (χ0) is 11.7. The van der Waals surface area contributed by atoms with Gasteiger partial charge in [0.05, 0.1) is 14.6 Å². The third-order valence-electron chi connectivity index (χ3n) is 2.35. The lowest BCUT2D eigenvalue weighted by Crippen LogP contribution is -1.88. The Hall–Kier alpha value is -0.970. The van der Waals surface area contributed by atoms with E-state index >= 15 is 0 Å². The first kappa shape index (κ1) is 11.1. The van der Waals surface area contributed by atoms with E-state index in [1.165, 1.54) is 0 Å². The van der Waals surface area contributed by atoms with Gasteiger partial charge < -0.3 is 5.32 Å². The van der Waals surface area contributed by atoms with E-state index < -0.39 is 8.94 Å². The molecule has 1 heterocycles. The van der Waals surface area contributed by atoms with Crippen LogP contribution in [0.2, 0.25) is 0 Å². The highest BCUT2D eigenvalue weighted by molar-refractivity contribution is 8.78. The number of nitrogens with zero attached hydrogens (tertiary/aromatic N) is 1. The Morgan fingerprint density at radius 2 is 1.88 bits per heavy atom. The topological polar surface area (TPSA) is 24.4 Å². The Kier molecular flexibility index (Phi) is 3.09. The SMILES string of the molecule is ClS1=Nc2cc(Nc3ccccc3)ccc2S1. The zero-order valence-electron chi connectivity index (χ0n) is 8.76. The van der Waals surface area contributed by atoms with Crippen molar-refractivity contribution in [3.63, 3.8) is 0 Å². The molecule has 17 heavy (non-hydrogen) atoms. The van der Waals surface area contributed by atoms with Gasteiger partial charge in [-0.25, -0.2) is 4.36 Å². The smallest absolute Gasteiger partial charge is 0.0892 e. The average Bonchev–Trinajstić information content (AvgIpc) is 2.70. The predicted molar refractivity (Wildman–Crippen MR) is 77.3 cm³/mol. The van der Waals surface area contributed by atoms with Gasteiger partial charge in [0.25, 0.3) is 0 Å². The first-order valence-corrected chi connectivity index (χ1v) is 8.42. The third-order valence-corrected chi connectivity index (χ3v) is 5.30. The summed E-state index contributed by atoms with van der Waals surface area (Å²) in [5.74, 6) is 0. The largest absolute Gasteiger partial charge is 0.355 e. The summed E-state index contributed by atoms with van der Waals surface area (Å²) in [5, 5.41) is 3.34. The Labute approximate surface area is 110 Å². The maximum absolute atomic E-state index is 5.99. The second-order valence-corrected chi connectivity index (χ2v) is 7.63. The summed E-state index contributed by atoms with van der Waals surface area (Å²) in [7, 11) is 7.16. The Bertz CT molecular complexity index is 584. The summed E-state index contributed by atoms with van der Waals surface area (Å²) in [6.45, 7) is 0. The minimum atomic E-state index is -0.438. The normalized spacial score (nSPS) is 17.4. The lowest BCUT2D eigenvalue weighted by molar-refractivity contribution is 1.40. The number of anilines is 2. The van der Waals surface area contributed by atoms with Crippen molar-refractivity contribution in [2.24, 2.45) is 4.36 Å². The monoisotopic (exact) mass is 280 g/mol. The highest BCUT2D eigenvalue weighted by Gasteiger charge is 2.13. The first-order chi connectivity index (χ1) is 8.31. The molecule has 2 aromatic rings. The van der Waals surface area contributed by atoms with Crippen LogP contribution in [0.3, 0.4) is 0 Å². The van der Waals surface area contributed by atoms with Crippen molar-refractivity contribution in [2.45, 2.75) is 4.90 Å². The van der Waals surface area contributed by atoms with Crippen LogP contribution in [0, 0.1) is 0 Å². The van der Waals surface area contributed by atoms with Gasteiger partial charge >= 0.3 is 0 Å². The quantitative estimate of drug-likeness (QED) is 0.780. The second-order valence-electron chi connectivity index (χ2n) is 3.55. The Morgan fingerprint density at radius 3 is 2.71 bits per heavy atom. The van der Waals surface area contributed by atoms with Crippen LogP contribution in [-0.4, -0.2) is 0 Å². The van der Waals surface area contributed by atoms with E-state index in [1.54, 1.807) is 10.8 Å². The van der Waals surface area contributed by atoms with Crippen molar-refractivity contribution in [1.29, 1.82) is 0 Å². The third kappa shape index (κ3) is 2.49. The van der Waals surface area contributed by atoms with Gasteiger partial charge in [-0.3, -0.25) is 0 Å². The second kappa shape index (κ2) is 4.72. The minimum Gasteiger partial charge on any atom is -0.355 e. The zero-order valence-corrected chi connectivity index (χ0v) is 11.1. The molecular weight excluding hydrogens is 272 g/mol. The highest BCUT2D eigenvalue weighted by atomic mass is 35.7. The molecule has 1 N–H and O–H groups in total. The molecule has 5 heteroatoms. The number of halogens is 1. The average molecular weight is 281 g/mol. The molecule has 0 saturated carbocycles. The fraction of sp³-hybridized carbons (Fsp3) is 0. The standard InChI is InChI=1S/C12H9ClN2S2/c13-17-15-11-8-10(6-7-12(11)16-17)14-9-4-2-1-3-5-9/h1-8,14H. The maximum atomic E-state index is 5.99. The summed E-state index contributed by atoms with van der Waals surface area (Å²) >= 11 is 0. The van der Waals surface area contributed by atoms with Crippen LogP contribution in [-0.2, 0) is 8.94 Å². The first-order valence-electron chi connectivity index (χ1n) is 5.08. The molecule has 86 valence electrons. The van der Waals surface area contributed by atoms with Crippen LogP contribution in [0.1, 0.15) is 0 Å². The number of rotatable bonds is 2. The van der Waals surface area contributed by atoms with E-state index in [0.29, 0.717) is 0 Å². The number of hydrogen-bond acceptors (Lipinski definition) is 3. The molecule has 2 nitrogen and oxygen atoms in total. The lowest BCUT2D eigenvalue weighted by Gasteiger charge is -2.06. The number of para-hydroxylation sites is 1. The number of nitrogens with one attached hydrogen (secondary N) is 1. The van der Waals surface area contributed by atoms with Crippen molar-refractivity contribution in [2.75, 3.05) is 5.32 Å². The fourth-order valence-electron chi connectivity index (χ4n) is 1.60. The van der Waals surface area contributed by atoms with Gasteiger partial charge in [0.1, 0.15) is 0 Å². The van der Waals surface area contributed by atoms with Crippen LogP contribution < -0.4 is 5.32 Å². The van der Waals surface area contributed by atoms with E-state index in [0.717, 1.165) is 22.0 Å². The van der Waals surface area contributed by atoms with Gasteiger partial charge in [0, 0.05) is 16.3 Å². The van der Waals surface area contributed by atoms with Gasteiger partial charge in [-0.05, 0) is 51.8 Å². The van der Waals surface area contributed by atoms with Gasteiger partial charge in [0.15, 0.2) is 0 Å². The van der Waals surface area contributed by atoms with Gasteiger partial charge in [-0.15, -0.1) is 0 Å². The molecule has 1 aliphatic rings. The molecular formula is C12H9ClN2S2. The van der Waals surface area contributed by atoms with Crippen molar-refractivity contribution < 1.29 is 0 Å². The molecule has 1 aliphatic heterocycles. The fourth-order valence-corrected chi connectivity index (χ4v) is 4.51. The molecule has 0 amide bonds. The molecule has 0 radical (unpaired) electrons. The van der Waals surface area contributed by atoms with Crippen molar-refractivity contribution >= 4 is 47.5 Å². The van der Waals surface area contributed by atoms with Crippen molar-refractivity contribution in [3.05, 3.63) is 48.5 Å². The van der Waals surface area contributed by atoms with Crippen molar-refractivity contribution in [1.82, 2.24) is 0 Å². The molecule has 2 aromatic carbocycles. The lowest BCUT2D eigenvalue weighted by atomic mass is 10.2. The van der Waals surface area contributed by atoms with Gasteiger partial charge in [0.2, 0.25) is 0 Å². The van der Waals surface area contributed by atoms with Crippen LogP contribution >= 0.6 is 21.5 Å². The summed E-state index contributed by atoms with van der Waals surface area (Å²) in [4.78, 5) is 1.15. The Morgan fingerprint density at radius 1 is 1.06 bits per heavy atom. The van der Waals surface area contributed by atoms with Crippen LogP contribution in [0.4, 0.5) is 17.1 Å². The predicted octanol–water partition coefficient (Wildman–Crippen LogP) is 5.04. The molecule has 0 saturated heterocycles. The van der Waals surface area contributed by atoms with Crippen LogP contribution in [0.25, 0.3) is 0 Å². The molecule has 0 aliphatic carbocycles. The Balaban J connectivity index is 1.88. The number of hydrogen-bond donors (Lipinski definition) is 1. The number of benzene rings is 2. The molecule has 1 unspecified atom stereocenters. The summed E-state index contributed by atoms with van der Waals surface area (Å²) in [6.07, 6.45) is 0. The molecule has 0 aromatic heterocycles. The highest BCUT2D eigenvalue weighted by Crippen LogP contribution is 2.43. The van der Waals surface area contributed by atoms with E-state index in [-0.39, 0.29) is 0 Å². The minimum absolute atomic E-state index is 0.438. The molecule has 0 fully saturated rings. The number of fused-ring (bicyclic) bond motifs is 1. The summed E-state index contributed by atoms with van der Waals surface area (Å²) < 4.78 is 4.37. The van der Waals surface area contributed by atoms with E-state index in [1.807, 2.05) is 42.5 Å². The molecule has 0 spiro atoms. The molecule has 1 atom stereocenters. The van der Waals surface area contributed by atoms with E-state index in [2.05, 4.69) is 15.7 Å². The van der Waals surface area contributed by atoms with Crippen molar-refractivity contribution in [3.8, 4) is 0 Å².